The highest BCUT2D eigenvalue weighted by Crippen LogP contribution is 2.24. The predicted molar refractivity (Wildman–Crippen MR) is 104 cm³/mol. The highest BCUT2D eigenvalue weighted by atomic mass is 35.5. The van der Waals surface area contributed by atoms with Gasteiger partial charge in [0, 0.05) is 43.5 Å². The summed E-state index contributed by atoms with van der Waals surface area (Å²) in [7, 11) is -3.18. The minimum Gasteiger partial charge on any atom is -0.492 e. The summed E-state index contributed by atoms with van der Waals surface area (Å²) < 4.78 is 28.8. The Bertz CT molecular complexity index is 840. The van der Waals surface area contributed by atoms with Crippen LogP contribution in [0.3, 0.4) is 0 Å². The van der Waals surface area contributed by atoms with E-state index in [4.69, 9.17) is 16.3 Å². The van der Waals surface area contributed by atoms with Gasteiger partial charge in [0.05, 0.1) is 4.90 Å². The van der Waals surface area contributed by atoms with E-state index in [1.165, 1.54) is 11.8 Å². The van der Waals surface area contributed by atoms with Gasteiger partial charge in [-0.2, -0.15) is 0 Å². The molecule has 0 spiro atoms. The number of hydrogen-bond donors (Lipinski definition) is 1. The molecular formula is C19H23ClN2O3S. The number of halogens is 1. The van der Waals surface area contributed by atoms with Crippen LogP contribution < -0.4 is 10.1 Å². The molecule has 2 aromatic rings. The molecule has 0 aliphatic carbocycles. The number of sulfone groups is 1. The largest absolute Gasteiger partial charge is 0.492 e. The molecule has 0 bridgehead atoms. The number of nitrogens with one attached hydrogen (secondary N) is 1. The Labute approximate surface area is 159 Å². The highest BCUT2D eigenvalue weighted by Gasteiger charge is 2.23. The van der Waals surface area contributed by atoms with Gasteiger partial charge in [0.15, 0.2) is 9.84 Å². The maximum Gasteiger partial charge on any atom is 0.175 e. The molecule has 0 amide bonds. The molecule has 140 valence electrons. The van der Waals surface area contributed by atoms with Gasteiger partial charge >= 0.3 is 0 Å². The fourth-order valence-electron chi connectivity index (χ4n) is 3.12. The first-order valence-electron chi connectivity index (χ1n) is 8.56. The van der Waals surface area contributed by atoms with Gasteiger partial charge in [0.1, 0.15) is 12.4 Å². The maximum absolute atomic E-state index is 11.5. The van der Waals surface area contributed by atoms with Crippen molar-refractivity contribution in [1.82, 2.24) is 10.2 Å². The van der Waals surface area contributed by atoms with Crippen LogP contribution in [-0.4, -0.2) is 52.4 Å². The Morgan fingerprint density at radius 3 is 2.69 bits per heavy atom. The first kappa shape index (κ1) is 19.2. The van der Waals surface area contributed by atoms with Crippen molar-refractivity contribution in [2.45, 2.75) is 10.9 Å². The Morgan fingerprint density at radius 2 is 2.00 bits per heavy atom. The standard InChI is InChI=1S/C19H23ClN2O3S/c1-26(23,24)18-7-5-17(6-8-18)25-12-11-22-10-9-21-14-19(22)15-3-2-4-16(20)13-15/h2-8,13,19,21H,9-12,14H2,1H3. The molecule has 2 aromatic carbocycles. The van der Waals surface area contributed by atoms with Gasteiger partial charge in [-0.3, -0.25) is 4.90 Å². The van der Waals surface area contributed by atoms with Crippen molar-refractivity contribution in [3.63, 3.8) is 0 Å². The third-order valence-corrected chi connectivity index (χ3v) is 5.85. The number of nitrogens with zero attached hydrogens (tertiary/aromatic N) is 1. The van der Waals surface area contributed by atoms with Crippen molar-refractivity contribution < 1.29 is 13.2 Å². The van der Waals surface area contributed by atoms with Crippen LogP contribution >= 0.6 is 11.6 Å². The van der Waals surface area contributed by atoms with Crippen LogP contribution in [0, 0.1) is 0 Å². The van der Waals surface area contributed by atoms with Crippen molar-refractivity contribution in [1.29, 1.82) is 0 Å². The SMILES string of the molecule is CS(=O)(=O)c1ccc(OCCN2CCNCC2c2cccc(Cl)c2)cc1. The van der Waals surface area contributed by atoms with Gasteiger partial charge in [-0.1, -0.05) is 23.7 Å². The van der Waals surface area contributed by atoms with E-state index in [-0.39, 0.29) is 6.04 Å². The maximum atomic E-state index is 11.5. The second-order valence-electron chi connectivity index (χ2n) is 6.40. The highest BCUT2D eigenvalue weighted by molar-refractivity contribution is 7.90. The van der Waals surface area contributed by atoms with Crippen molar-refractivity contribution in [3.8, 4) is 5.75 Å². The summed E-state index contributed by atoms with van der Waals surface area (Å²) in [5.41, 5.74) is 1.20. The second-order valence-corrected chi connectivity index (χ2v) is 8.86. The summed E-state index contributed by atoms with van der Waals surface area (Å²) in [4.78, 5) is 2.68. The summed E-state index contributed by atoms with van der Waals surface area (Å²) in [6.07, 6.45) is 1.20. The monoisotopic (exact) mass is 394 g/mol. The Hall–Kier alpha value is -1.60. The van der Waals surface area contributed by atoms with Crippen LogP contribution in [0.5, 0.6) is 5.75 Å². The minimum atomic E-state index is -3.18. The first-order chi connectivity index (χ1) is 12.4. The predicted octanol–water partition coefficient (Wildman–Crippen LogP) is 2.77. The molecule has 5 nitrogen and oxygen atoms in total. The number of piperazine rings is 1. The zero-order valence-electron chi connectivity index (χ0n) is 14.7. The van der Waals surface area contributed by atoms with E-state index >= 15 is 0 Å². The molecule has 1 fully saturated rings. The number of rotatable bonds is 6. The molecule has 3 rings (SSSR count). The summed E-state index contributed by atoms with van der Waals surface area (Å²) in [5, 5.41) is 4.17. The van der Waals surface area contributed by atoms with Crippen LogP contribution in [0.25, 0.3) is 0 Å². The number of hydrogen-bond acceptors (Lipinski definition) is 5. The Balaban J connectivity index is 1.59. The van der Waals surface area contributed by atoms with Crippen LogP contribution in [0.1, 0.15) is 11.6 Å². The topological polar surface area (TPSA) is 58.6 Å². The lowest BCUT2D eigenvalue weighted by Crippen LogP contribution is -2.47. The van der Waals surface area contributed by atoms with E-state index in [0.717, 1.165) is 31.2 Å². The van der Waals surface area contributed by atoms with Crippen LogP contribution in [0.2, 0.25) is 5.02 Å². The average molecular weight is 395 g/mol. The van der Waals surface area contributed by atoms with Gasteiger partial charge < -0.3 is 10.1 Å². The van der Waals surface area contributed by atoms with E-state index < -0.39 is 9.84 Å². The van der Waals surface area contributed by atoms with Gasteiger partial charge in [0.2, 0.25) is 0 Å². The van der Waals surface area contributed by atoms with Gasteiger partial charge in [-0.15, -0.1) is 0 Å². The van der Waals surface area contributed by atoms with Crippen molar-refractivity contribution in [2.24, 2.45) is 0 Å². The summed E-state index contributed by atoms with van der Waals surface area (Å²) in [6, 6.07) is 14.8. The molecule has 1 heterocycles. The smallest absolute Gasteiger partial charge is 0.175 e. The summed E-state index contributed by atoms with van der Waals surface area (Å²) in [5.74, 6) is 0.673. The molecule has 1 unspecified atom stereocenters. The molecule has 7 heteroatoms. The number of benzene rings is 2. The molecule has 1 atom stereocenters. The third kappa shape index (κ3) is 4.98. The van der Waals surface area contributed by atoms with E-state index in [1.54, 1.807) is 24.3 Å². The number of ether oxygens (including phenoxy) is 1. The molecule has 0 radical (unpaired) electrons. The Morgan fingerprint density at radius 1 is 1.23 bits per heavy atom. The molecule has 0 saturated carbocycles. The average Bonchev–Trinajstić information content (AvgIpc) is 2.62. The molecule has 0 aromatic heterocycles. The van der Waals surface area contributed by atoms with E-state index in [9.17, 15) is 8.42 Å². The molecular weight excluding hydrogens is 372 g/mol. The van der Waals surface area contributed by atoms with Gasteiger partial charge in [-0.25, -0.2) is 8.42 Å². The lowest BCUT2D eigenvalue weighted by molar-refractivity contribution is 0.134. The minimum absolute atomic E-state index is 0.263. The Kier molecular flexibility index (Phi) is 6.19. The van der Waals surface area contributed by atoms with Crippen molar-refractivity contribution in [3.05, 3.63) is 59.1 Å². The second kappa shape index (κ2) is 8.39. The normalized spacial score (nSPS) is 18.6. The van der Waals surface area contributed by atoms with E-state index in [0.29, 0.717) is 17.3 Å². The van der Waals surface area contributed by atoms with Crippen LogP contribution in [0.15, 0.2) is 53.4 Å². The zero-order valence-corrected chi connectivity index (χ0v) is 16.3. The zero-order chi connectivity index (χ0) is 18.6. The van der Waals surface area contributed by atoms with E-state index in [2.05, 4.69) is 16.3 Å². The summed E-state index contributed by atoms with van der Waals surface area (Å²) >= 11 is 6.13. The van der Waals surface area contributed by atoms with E-state index in [1.807, 2.05) is 18.2 Å². The van der Waals surface area contributed by atoms with Crippen LogP contribution in [-0.2, 0) is 9.84 Å². The molecule has 1 aliphatic rings. The fourth-order valence-corrected chi connectivity index (χ4v) is 3.95. The van der Waals surface area contributed by atoms with Crippen molar-refractivity contribution in [2.75, 3.05) is 39.0 Å². The fraction of sp³-hybridized carbons (Fsp3) is 0.368. The molecule has 1 saturated heterocycles. The van der Waals surface area contributed by atoms with Gasteiger partial charge in [-0.05, 0) is 42.0 Å². The van der Waals surface area contributed by atoms with Gasteiger partial charge in [0.25, 0.3) is 0 Å². The molecule has 1 N–H and O–H groups in total. The molecule has 1 aliphatic heterocycles. The van der Waals surface area contributed by atoms with Crippen molar-refractivity contribution >= 4 is 21.4 Å². The first-order valence-corrected chi connectivity index (χ1v) is 10.8. The lowest BCUT2D eigenvalue weighted by atomic mass is 10.0. The quantitative estimate of drug-likeness (QED) is 0.816. The third-order valence-electron chi connectivity index (χ3n) is 4.49. The van der Waals surface area contributed by atoms with Crippen LogP contribution in [0.4, 0.5) is 0 Å². The lowest BCUT2D eigenvalue weighted by Gasteiger charge is -2.36. The molecule has 26 heavy (non-hydrogen) atoms. The summed E-state index contributed by atoms with van der Waals surface area (Å²) in [6.45, 7) is 4.08.